The Kier molecular flexibility index (Phi) is 4.74. The van der Waals surface area contributed by atoms with Gasteiger partial charge in [0.05, 0.1) is 12.6 Å². The summed E-state index contributed by atoms with van der Waals surface area (Å²) in [6, 6.07) is 11.7. The second kappa shape index (κ2) is 6.17. The summed E-state index contributed by atoms with van der Waals surface area (Å²) in [4.78, 5) is 2.45. The van der Waals surface area contributed by atoms with E-state index in [1.807, 2.05) is 24.3 Å². The summed E-state index contributed by atoms with van der Waals surface area (Å²) < 4.78 is 0. The second-order valence-electron chi connectivity index (χ2n) is 5.84. The van der Waals surface area contributed by atoms with E-state index in [2.05, 4.69) is 38.2 Å². The minimum absolute atomic E-state index is 0.0522. The zero-order valence-corrected chi connectivity index (χ0v) is 13.6. The zero-order chi connectivity index (χ0) is 14.8. The highest BCUT2D eigenvalue weighted by Crippen LogP contribution is 2.33. The van der Waals surface area contributed by atoms with Crippen LogP contribution in [0, 0.1) is 0 Å². The molecule has 0 saturated carbocycles. The van der Waals surface area contributed by atoms with Gasteiger partial charge >= 0.3 is 0 Å². The molecule has 2 rings (SSSR count). The molecule has 0 fully saturated rings. The minimum atomic E-state index is -0.102. The molecule has 0 amide bonds. The van der Waals surface area contributed by atoms with Gasteiger partial charge in [-0.2, -0.15) is 0 Å². The number of rotatable bonds is 4. The molecule has 1 unspecified atom stereocenters. The summed E-state index contributed by atoms with van der Waals surface area (Å²) in [6.07, 6.45) is 0. The van der Waals surface area contributed by atoms with Crippen LogP contribution in [-0.2, 0) is 5.41 Å². The predicted octanol–water partition coefficient (Wildman–Crippen LogP) is 4.84. The fourth-order valence-electron chi connectivity index (χ4n) is 1.93. The lowest BCUT2D eigenvalue weighted by Crippen LogP contribution is -2.13. The highest BCUT2D eigenvalue weighted by atomic mass is 35.5. The highest BCUT2D eigenvalue weighted by molar-refractivity contribution is 7.12. The van der Waals surface area contributed by atoms with Crippen LogP contribution in [0.15, 0.2) is 36.4 Å². The number of hydrogen-bond acceptors (Lipinski definition) is 3. The van der Waals surface area contributed by atoms with Crippen LogP contribution in [0.25, 0.3) is 0 Å². The molecule has 0 radical (unpaired) electrons. The Hall–Kier alpha value is -1.03. The van der Waals surface area contributed by atoms with Crippen LogP contribution in [-0.4, -0.2) is 11.7 Å². The SMILES string of the molecule is CC(C)(C)c1ccc(C(CO)Nc2cccc(Cl)c2)s1. The van der Waals surface area contributed by atoms with Crippen molar-refractivity contribution in [1.82, 2.24) is 0 Å². The van der Waals surface area contributed by atoms with Crippen LogP contribution in [0.5, 0.6) is 0 Å². The van der Waals surface area contributed by atoms with Gasteiger partial charge in [-0.15, -0.1) is 11.3 Å². The van der Waals surface area contributed by atoms with Gasteiger partial charge in [-0.05, 0) is 35.7 Å². The summed E-state index contributed by atoms with van der Waals surface area (Å²) in [6.45, 7) is 6.64. The molecule has 0 saturated heterocycles. The number of halogens is 1. The Morgan fingerprint density at radius 1 is 1.25 bits per heavy atom. The van der Waals surface area contributed by atoms with Crippen LogP contribution in [0.1, 0.15) is 36.6 Å². The maximum Gasteiger partial charge on any atom is 0.0837 e. The third-order valence-electron chi connectivity index (χ3n) is 3.06. The van der Waals surface area contributed by atoms with E-state index >= 15 is 0 Å². The third-order valence-corrected chi connectivity index (χ3v) is 4.92. The first-order chi connectivity index (χ1) is 9.40. The average Bonchev–Trinajstić information content (AvgIpc) is 2.85. The fraction of sp³-hybridized carbons (Fsp3) is 0.375. The monoisotopic (exact) mass is 309 g/mol. The topological polar surface area (TPSA) is 32.3 Å². The van der Waals surface area contributed by atoms with Gasteiger partial charge in [0.25, 0.3) is 0 Å². The van der Waals surface area contributed by atoms with Crippen molar-refractivity contribution in [3.8, 4) is 0 Å². The molecule has 2 N–H and O–H groups in total. The summed E-state index contributed by atoms with van der Waals surface area (Å²) in [5.41, 5.74) is 1.06. The van der Waals surface area contributed by atoms with Gasteiger partial charge in [-0.25, -0.2) is 0 Å². The van der Waals surface area contributed by atoms with Crippen molar-refractivity contribution < 1.29 is 5.11 Å². The average molecular weight is 310 g/mol. The van der Waals surface area contributed by atoms with E-state index in [0.29, 0.717) is 5.02 Å². The van der Waals surface area contributed by atoms with E-state index < -0.39 is 0 Å². The lowest BCUT2D eigenvalue weighted by molar-refractivity contribution is 0.278. The molecule has 0 aliphatic carbocycles. The molecule has 0 aliphatic rings. The summed E-state index contributed by atoms with van der Waals surface area (Å²) in [7, 11) is 0. The van der Waals surface area contributed by atoms with Crippen molar-refractivity contribution >= 4 is 28.6 Å². The Morgan fingerprint density at radius 3 is 2.55 bits per heavy atom. The summed E-state index contributed by atoms with van der Waals surface area (Å²) >= 11 is 7.72. The van der Waals surface area contributed by atoms with E-state index in [4.69, 9.17) is 11.6 Å². The Morgan fingerprint density at radius 2 is 2.00 bits per heavy atom. The molecule has 1 heterocycles. The van der Waals surface area contributed by atoms with Gasteiger partial charge in [0.2, 0.25) is 0 Å². The zero-order valence-electron chi connectivity index (χ0n) is 12.0. The number of hydrogen-bond donors (Lipinski definition) is 2. The molecule has 4 heteroatoms. The van der Waals surface area contributed by atoms with Crippen molar-refractivity contribution in [2.75, 3.05) is 11.9 Å². The third kappa shape index (κ3) is 3.75. The van der Waals surface area contributed by atoms with Crippen LogP contribution >= 0.6 is 22.9 Å². The Labute approximate surface area is 129 Å². The normalized spacial score (nSPS) is 13.2. The van der Waals surface area contributed by atoms with Gasteiger partial charge in [-0.3, -0.25) is 0 Å². The van der Waals surface area contributed by atoms with E-state index in [0.717, 1.165) is 10.6 Å². The number of anilines is 1. The van der Waals surface area contributed by atoms with Crippen LogP contribution < -0.4 is 5.32 Å². The lowest BCUT2D eigenvalue weighted by atomic mass is 9.95. The van der Waals surface area contributed by atoms with Gasteiger partial charge in [0.1, 0.15) is 0 Å². The molecule has 108 valence electrons. The van der Waals surface area contributed by atoms with Crippen molar-refractivity contribution in [2.24, 2.45) is 0 Å². The first-order valence-electron chi connectivity index (χ1n) is 6.63. The van der Waals surface area contributed by atoms with Crippen LogP contribution in [0.3, 0.4) is 0 Å². The maximum atomic E-state index is 9.63. The van der Waals surface area contributed by atoms with Gasteiger partial charge in [0.15, 0.2) is 0 Å². The van der Waals surface area contributed by atoms with E-state index in [1.165, 1.54) is 4.88 Å². The van der Waals surface area contributed by atoms with Crippen LogP contribution in [0.2, 0.25) is 5.02 Å². The molecule has 2 aromatic rings. The number of thiophene rings is 1. The predicted molar refractivity (Wildman–Crippen MR) is 87.9 cm³/mol. The van der Waals surface area contributed by atoms with Crippen molar-refractivity contribution in [2.45, 2.75) is 32.2 Å². The molecule has 1 aromatic heterocycles. The van der Waals surface area contributed by atoms with E-state index in [9.17, 15) is 5.11 Å². The Balaban J connectivity index is 2.18. The highest BCUT2D eigenvalue weighted by Gasteiger charge is 2.19. The number of aliphatic hydroxyl groups excluding tert-OH is 1. The van der Waals surface area contributed by atoms with Crippen molar-refractivity contribution in [3.05, 3.63) is 51.2 Å². The number of nitrogens with one attached hydrogen (secondary N) is 1. The molecule has 0 spiro atoms. The van der Waals surface area contributed by atoms with Gasteiger partial charge in [0, 0.05) is 20.5 Å². The Bertz CT molecular complexity index is 574. The van der Waals surface area contributed by atoms with E-state index in [-0.39, 0.29) is 18.1 Å². The lowest BCUT2D eigenvalue weighted by Gasteiger charge is -2.18. The molecule has 0 aliphatic heterocycles. The first-order valence-corrected chi connectivity index (χ1v) is 7.83. The largest absolute Gasteiger partial charge is 0.394 e. The standard InChI is InChI=1S/C16H20ClNOS/c1-16(2,3)15-8-7-14(20-15)13(10-19)18-12-6-4-5-11(17)9-12/h4-9,13,18-19H,10H2,1-3H3. The van der Waals surface area contributed by atoms with Crippen molar-refractivity contribution in [3.63, 3.8) is 0 Å². The van der Waals surface area contributed by atoms with Gasteiger partial charge < -0.3 is 10.4 Å². The molecule has 1 atom stereocenters. The number of benzene rings is 1. The van der Waals surface area contributed by atoms with Gasteiger partial charge in [-0.1, -0.05) is 38.4 Å². The molecule has 0 bridgehead atoms. The second-order valence-corrected chi connectivity index (χ2v) is 7.39. The minimum Gasteiger partial charge on any atom is -0.394 e. The summed E-state index contributed by atoms with van der Waals surface area (Å²) in [5.74, 6) is 0. The molecule has 1 aromatic carbocycles. The molecular formula is C16H20ClNOS. The number of aliphatic hydroxyl groups is 1. The van der Waals surface area contributed by atoms with Crippen LogP contribution in [0.4, 0.5) is 5.69 Å². The van der Waals surface area contributed by atoms with E-state index in [1.54, 1.807) is 11.3 Å². The first kappa shape index (κ1) is 15.4. The summed E-state index contributed by atoms with van der Waals surface area (Å²) in [5, 5.41) is 13.6. The smallest absolute Gasteiger partial charge is 0.0837 e. The maximum absolute atomic E-state index is 9.63. The molecule has 20 heavy (non-hydrogen) atoms. The molecule has 2 nitrogen and oxygen atoms in total. The quantitative estimate of drug-likeness (QED) is 0.846. The molecular weight excluding hydrogens is 290 g/mol. The van der Waals surface area contributed by atoms with Crippen molar-refractivity contribution in [1.29, 1.82) is 0 Å². The fourth-order valence-corrected chi connectivity index (χ4v) is 3.23.